The molecule has 0 radical (unpaired) electrons. The van der Waals surface area contributed by atoms with Gasteiger partial charge in [-0.2, -0.15) is 0 Å². The van der Waals surface area contributed by atoms with Crippen LogP contribution in [0.25, 0.3) is 0 Å². The first-order chi connectivity index (χ1) is 3.46. The van der Waals surface area contributed by atoms with E-state index in [1.54, 1.807) is 0 Å². The van der Waals surface area contributed by atoms with Crippen LogP contribution in [0.15, 0.2) is 0 Å². The maximum Gasteiger partial charge on any atom is 0 e. The molecular weight excluding hydrogens is 380 g/mol. The van der Waals surface area contributed by atoms with Crippen molar-refractivity contribution >= 4 is 0 Å². The van der Waals surface area contributed by atoms with E-state index in [1.807, 2.05) is 0 Å². The molecule has 0 spiro atoms. The monoisotopic (exact) mass is 398 g/mol. The van der Waals surface area contributed by atoms with Crippen LogP contribution in [0.4, 0.5) is 0 Å². The summed E-state index contributed by atoms with van der Waals surface area (Å²) in [7, 11) is 0. The molecule has 0 unspecified atom stereocenters. The first-order valence-corrected chi connectivity index (χ1v) is 3.46. The van der Waals surface area contributed by atoms with Gasteiger partial charge < -0.3 is 24.8 Å². The fraction of sp³-hybridized carbons (Fsp3) is 1.00. The summed E-state index contributed by atoms with van der Waals surface area (Å²) in [6, 6.07) is 0. The maximum atomic E-state index is 2.17. The molecule has 0 N–H and O–H groups in total. The molecule has 0 atom stereocenters. The van der Waals surface area contributed by atoms with Gasteiger partial charge in [0.2, 0.25) is 0 Å². The Balaban J connectivity index is -0.0000000112. The van der Waals surface area contributed by atoms with Crippen molar-refractivity contribution in [2.45, 2.75) is 41.5 Å². The Morgan fingerprint density at radius 3 is 0.500 bits per heavy atom. The summed E-state index contributed by atoms with van der Waals surface area (Å²) in [6.45, 7) is 13.0. The summed E-state index contributed by atoms with van der Waals surface area (Å²) >= 11 is 0. The van der Waals surface area contributed by atoms with Gasteiger partial charge in [0.05, 0.1) is 0 Å². The zero-order chi connectivity index (χ0) is 7.15. The molecule has 88 valence electrons. The van der Waals surface area contributed by atoms with Crippen LogP contribution in [0, 0.1) is 11.8 Å². The standard InChI is InChI=1S/2C4H10.2ClH.2Pd/c2*1-4(2)3;;;;/h2*4H,1-3H3;2*1H;;/p-2. The van der Waals surface area contributed by atoms with Crippen LogP contribution in [0.3, 0.4) is 0 Å². The van der Waals surface area contributed by atoms with Crippen LogP contribution < -0.4 is 24.8 Å². The fourth-order valence-electron chi connectivity index (χ4n) is 0. The predicted octanol–water partition coefficient (Wildman–Crippen LogP) is -2.67. The molecule has 0 aliphatic heterocycles. The van der Waals surface area contributed by atoms with Gasteiger partial charge in [-0.15, -0.1) is 0 Å². The molecule has 0 aliphatic rings. The van der Waals surface area contributed by atoms with E-state index in [2.05, 4.69) is 41.5 Å². The van der Waals surface area contributed by atoms with Crippen LogP contribution in [-0.2, 0) is 40.8 Å². The average molecular weight is 400 g/mol. The second-order valence-corrected chi connectivity index (χ2v) is 3.46. The van der Waals surface area contributed by atoms with E-state index in [4.69, 9.17) is 0 Å². The second kappa shape index (κ2) is 29.3. The second-order valence-electron chi connectivity index (χ2n) is 3.46. The molecule has 0 aromatic carbocycles. The molecule has 0 saturated heterocycles. The topological polar surface area (TPSA) is 0 Å². The Labute approximate surface area is 118 Å². The van der Waals surface area contributed by atoms with Crippen molar-refractivity contribution in [2.24, 2.45) is 11.8 Å². The van der Waals surface area contributed by atoms with Gasteiger partial charge in [-0.05, 0) is 11.8 Å². The van der Waals surface area contributed by atoms with E-state index in [9.17, 15) is 0 Å². The summed E-state index contributed by atoms with van der Waals surface area (Å²) in [5.41, 5.74) is 0. The first-order valence-electron chi connectivity index (χ1n) is 3.46. The van der Waals surface area contributed by atoms with Gasteiger partial charge in [0.1, 0.15) is 0 Å². The van der Waals surface area contributed by atoms with Crippen molar-refractivity contribution < 1.29 is 65.7 Å². The Bertz CT molecular complexity index is 30.5. The van der Waals surface area contributed by atoms with E-state index >= 15 is 0 Å². The predicted molar refractivity (Wildman–Crippen MR) is 41.0 cm³/mol. The molecule has 0 rings (SSSR count). The molecule has 0 amide bonds. The average Bonchev–Trinajstić information content (AvgIpc) is 1.25. The minimum atomic E-state index is 0. The number of halogens is 2. The van der Waals surface area contributed by atoms with E-state index in [0.717, 1.165) is 11.8 Å². The van der Waals surface area contributed by atoms with Gasteiger partial charge in [-0.3, -0.25) is 0 Å². The van der Waals surface area contributed by atoms with E-state index < -0.39 is 0 Å². The third kappa shape index (κ3) is 390. The van der Waals surface area contributed by atoms with Crippen LogP contribution in [0.1, 0.15) is 41.5 Å². The Hall–Kier alpha value is 1.90. The molecule has 0 saturated carbocycles. The fourth-order valence-corrected chi connectivity index (χ4v) is 0. The maximum absolute atomic E-state index is 2.17. The molecule has 0 aromatic heterocycles. The third-order valence-electron chi connectivity index (χ3n) is 0. The normalized spacial score (nSPS) is 6.00. The Kier molecular flexibility index (Phi) is 90.4. The third-order valence-corrected chi connectivity index (χ3v) is 0. The van der Waals surface area contributed by atoms with E-state index in [0.29, 0.717) is 0 Å². The Morgan fingerprint density at radius 1 is 0.500 bits per heavy atom. The summed E-state index contributed by atoms with van der Waals surface area (Å²) in [5, 5.41) is 0. The van der Waals surface area contributed by atoms with Crippen LogP contribution in [0.5, 0.6) is 0 Å². The minimum Gasteiger partial charge on any atom is -1.00 e. The number of hydrogen-bond acceptors (Lipinski definition) is 0. The van der Waals surface area contributed by atoms with E-state index in [1.165, 1.54) is 0 Å². The quantitative estimate of drug-likeness (QED) is 0.390. The van der Waals surface area contributed by atoms with Crippen LogP contribution >= 0.6 is 0 Å². The van der Waals surface area contributed by atoms with Crippen molar-refractivity contribution in [2.75, 3.05) is 0 Å². The zero-order valence-corrected chi connectivity index (χ0v) is 13.2. The SMILES string of the molecule is CC(C)C.CC(C)C.[Cl-].[Cl-].[Pd].[Pd]. The number of rotatable bonds is 0. The largest absolute Gasteiger partial charge is 1.00 e. The van der Waals surface area contributed by atoms with Crippen LogP contribution in [0.2, 0.25) is 0 Å². The first kappa shape index (κ1) is 37.1. The van der Waals surface area contributed by atoms with Gasteiger partial charge in [-0.25, -0.2) is 0 Å². The molecule has 0 nitrogen and oxygen atoms in total. The summed E-state index contributed by atoms with van der Waals surface area (Å²) < 4.78 is 0. The van der Waals surface area contributed by atoms with Crippen molar-refractivity contribution in [3.05, 3.63) is 0 Å². The van der Waals surface area contributed by atoms with Crippen molar-refractivity contribution in [3.8, 4) is 0 Å². The van der Waals surface area contributed by atoms with Gasteiger partial charge in [0.25, 0.3) is 0 Å². The van der Waals surface area contributed by atoms with Crippen molar-refractivity contribution in [3.63, 3.8) is 0 Å². The smallest absolute Gasteiger partial charge is 0 e. The van der Waals surface area contributed by atoms with E-state index in [-0.39, 0.29) is 65.7 Å². The Morgan fingerprint density at radius 2 is 0.500 bits per heavy atom. The van der Waals surface area contributed by atoms with Crippen molar-refractivity contribution in [1.29, 1.82) is 0 Å². The van der Waals surface area contributed by atoms with Gasteiger partial charge in [-0.1, -0.05) is 41.5 Å². The van der Waals surface area contributed by atoms with Crippen LogP contribution in [-0.4, -0.2) is 0 Å². The summed E-state index contributed by atoms with van der Waals surface area (Å²) in [6.07, 6.45) is 0. The molecule has 0 heterocycles. The van der Waals surface area contributed by atoms with Gasteiger partial charge in [0.15, 0.2) is 0 Å². The van der Waals surface area contributed by atoms with Crippen molar-refractivity contribution in [1.82, 2.24) is 0 Å². The molecular formula is C8H20Cl2Pd2-2. The molecule has 12 heavy (non-hydrogen) atoms. The molecule has 4 heteroatoms. The zero-order valence-electron chi connectivity index (χ0n) is 8.54. The molecule has 0 aromatic rings. The molecule has 0 aliphatic carbocycles. The molecule has 0 fully saturated rings. The summed E-state index contributed by atoms with van der Waals surface area (Å²) in [5.74, 6) is 1.67. The van der Waals surface area contributed by atoms with Gasteiger partial charge in [0, 0.05) is 40.8 Å². The minimum absolute atomic E-state index is 0. The number of hydrogen-bond donors (Lipinski definition) is 0. The summed E-state index contributed by atoms with van der Waals surface area (Å²) in [4.78, 5) is 0. The molecule has 0 bridgehead atoms. The van der Waals surface area contributed by atoms with Gasteiger partial charge >= 0.3 is 0 Å².